The van der Waals surface area contributed by atoms with Gasteiger partial charge in [-0.3, -0.25) is 4.79 Å². The van der Waals surface area contributed by atoms with Gasteiger partial charge < -0.3 is 24.2 Å². The summed E-state index contributed by atoms with van der Waals surface area (Å²) in [5.74, 6) is 1.21. The minimum Gasteiger partial charge on any atom is -0.497 e. The number of hydrogen-bond acceptors (Lipinski definition) is 5. The molecule has 0 bridgehead atoms. The Kier molecular flexibility index (Phi) is 6.96. The first-order valence-corrected chi connectivity index (χ1v) is 11.5. The Balaban J connectivity index is 1.45. The third-order valence-corrected chi connectivity index (χ3v) is 6.16. The number of rotatable bonds is 9. The van der Waals surface area contributed by atoms with Gasteiger partial charge in [-0.1, -0.05) is 6.58 Å². The number of H-pyrrole nitrogens is 1. The molecule has 0 atom stereocenters. The number of aromatic nitrogens is 1. The van der Waals surface area contributed by atoms with Crippen molar-refractivity contribution in [1.29, 1.82) is 0 Å². The molecule has 7 nitrogen and oxygen atoms in total. The van der Waals surface area contributed by atoms with Crippen molar-refractivity contribution in [1.82, 2.24) is 10.3 Å². The summed E-state index contributed by atoms with van der Waals surface area (Å²) in [6.07, 6.45) is 2.56. The van der Waals surface area contributed by atoms with Crippen LogP contribution in [0.15, 0.2) is 57.9 Å². The minimum atomic E-state index is -0.504. The van der Waals surface area contributed by atoms with Crippen molar-refractivity contribution in [3.05, 3.63) is 81.4 Å². The molecule has 0 fully saturated rings. The van der Waals surface area contributed by atoms with E-state index in [1.165, 1.54) is 0 Å². The maximum atomic E-state index is 12.8. The van der Waals surface area contributed by atoms with Gasteiger partial charge in [0.25, 0.3) is 0 Å². The summed E-state index contributed by atoms with van der Waals surface area (Å²) in [5, 5.41) is 4.80. The highest BCUT2D eigenvalue weighted by atomic mass is 16.5. The second kappa shape index (κ2) is 10.1. The van der Waals surface area contributed by atoms with Crippen LogP contribution in [-0.4, -0.2) is 31.2 Å². The highest BCUT2D eigenvalue weighted by Crippen LogP contribution is 2.30. The van der Waals surface area contributed by atoms with E-state index in [1.807, 2.05) is 57.3 Å². The van der Waals surface area contributed by atoms with Crippen LogP contribution < -0.4 is 20.4 Å². The number of hydrogen-bond donors (Lipinski definition) is 2. The van der Waals surface area contributed by atoms with E-state index in [2.05, 4.69) is 16.9 Å². The van der Waals surface area contributed by atoms with Gasteiger partial charge in [-0.05, 0) is 68.2 Å². The Morgan fingerprint density at radius 2 is 1.91 bits per heavy atom. The number of aryl methyl sites for hydroxylation is 2. The normalized spacial score (nSPS) is 11.1. The van der Waals surface area contributed by atoms with Gasteiger partial charge in [-0.2, -0.15) is 0 Å². The van der Waals surface area contributed by atoms with Crippen LogP contribution in [-0.2, 0) is 17.6 Å². The number of amides is 1. The van der Waals surface area contributed by atoms with Gasteiger partial charge in [0, 0.05) is 40.7 Å². The number of benzene rings is 2. The molecule has 2 aromatic heterocycles. The van der Waals surface area contributed by atoms with Crippen LogP contribution in [0.2, 0.25) is 0 Å². The second-order valence-corrected chi connectivity index (χ2v) is 8.81. The van der Waals surface area contributed by atoms with E-state index in [4.69, 9.17) is 13.9 Å². The zero-order valence-corrected chi connectivity index (χ0v) is 20.5. The molecule has 182 valence electrons. The number of nitrogens with one attached hydrogen (secondary N) is 2. The molecule has 7 heteroatoms. The first-order valence-electron chi connectivity index (χ1n) is 11.5. The lowest BCUT2D eigenvalue weighted by Crippen LogP contribution is -2.29. The molecule has 0 unspecified atom stereocenters. The Morgan fingerprint density at radius 1 is 1.14 bits per heavy atom. The molecule has 2 aromatic carbocycles. The summed E-state index contributed by atoms with van der Waals surface area (Å²) >= 11 is 0. The summed E-state index contributed by atoms with van der Waals surface area (Å²) in [5.41, 5.74) is 4.81. The van der Waals surface area contributed by atoms with Crippen molar-refractivity contribution in [3.63, 3.8) is 0 Å². The lowest BCUT2D eigenvalue weighted by Gasteiger charge is -2.13. The van der Waals surface area contributed by atoms with Crippen molar-refractivity contribution < 1.29 is 18.7 Å². The molecule has 0 saturated heterocycles. The fourth-order valence-electron chi connectivity index (χ4n) is 4.19. The predicted molar refractivity (Wildman–Crippen MR) is 138 cm³/mol. The van der Waals surface area contributed by atoms with Crippen molar-refractivity contribution in [3.8, 4) is 11.5 Å². The zero-order chi connectivity index (χ0) is 25.1. The van der Waals surface area contributed by atoms with E-state index >= 15 is 0 Å². The average molecular weight is 475 g/mol. The molecule has 0 aliphatic heterocycles. The van der Waals surface area contributed by atoms with Gasteiger partial charge >= 0.3 is 5.63 Å². The van der Waals surface area contributed by atoms with Gasteiger partial charge in [0.05, 0.1) is 19.1 Å². The van der Waals surface area contributed by atoms with E-state index in [1.54, 1.807) is 7.11 Å². The third-order valence-electron chi connectivity index (χ3n) is 6.16. The third kappa shape index (κ3) is 5.09. The Hall–Kier alpha value is -4.00. The van der Waals surface area contributed by atoms with E-state index in [0.29, 0.717) is 36.5 Å². The molecule has 4 aromatic rings. The summed E-state index contributed by atoms with van der Waals surface area (Å²) in [6, 6.07) is 9.58. The second-order valence-electron chi connectivity index (χ2n) is 8.81. The quantitative estimate of drug-likeness (QED) is 0.270. The number of fused-ring (bicyclic) bond motifs is 2. The standard InChI is InChI=1S/C28H30N2O5/c1-16(2)15-34-25-9-8-21-17(3)23(28(32)35-27(21)18(25)4)13-26(31)29-11-10-19-14-30-24-12-20(33-5)6-7-22(19)24/h6-9,12,14,30H,1,10-11,13,15H2,2-5H3,(H,29,31). The largest absolute Gasteiger partial charge is 0.497 e. The summed E-state index contributed by atoms with van der Waals surface area (Å²) in [7, 11) is 1.64. The molecule has 0 saturated carbocycles. The zero-order valence-electron chi connectivity index (χ0n) is 20.5. The molecular formula is C28H30N2O5. The molecule has 2 N–H and O–H groups in total. The topological polar surface area (TPSA) is 93.6 Å². The smallest absolute Gasteiger partial charge is 0.340 e. The van der Waals surface area contributed by atoms with E-state index in [9.17, 15) is 9.59 Å². The molecule has 0 aliphatic rings. The van der Waals surface area contributed by atoms with Crippen molar-refractivity contribution in [2.24, 2.45) is 0 Å². The van der Waals surface area contributed by atoms with Crippen LogP contribution in [0.25, 0.3) is 21.9 Å². The van der Waals surface area contributed by atoms with Crippen LogP contribution in [0, 0.1) is 13.8 Å². The van der Waals surface area contributed by atoms with E-state index in [0.717, 1.165) is 44.3 Å². The summed E-state index contributed by atoms with van der Waals surface area (Å²) in [4.78, 5) is 28.7. The van der Waals surface area contributed by atoms with Crippen molar-refractivity contribution >= 4 is 27.8 Å². The van der Waals surface area contributed by atoms with Crippen LogP contribution in [0.4, 0.5) is 0 Å². The first-order chi connectivity index (χ1) is 16.8. The van der Waals surface area contributed by atoms with Gasteiger partial charge in [0.2, 0.25) is 5.91 Å². The average Bonchev–Trinajstić information content (AvgIpc) is 3.23. The highest BCUT2D eigenvalue weighted by molar-refractivity contribution is 5.88. The lowest BCUT2D eigenvalue weighted by molar-refractivity contribution is -0.120. The highest BCUT2D eigenvalue weighted by Gasteiger charge is 2.17. The predicted octanol–water partition coefficient (Wildman–Crippen LogP) is 4.76. The van der Waals surface area contributed by atoms with Crippen LogP contribution in [0.3, 0.4) is 0 Å². The number of ether oxygens (including phenoxy) is 2. The minimum absolute atomic E-state index is 0.0395. The lowest BCUT2D eigenvalue weighted by atomic mass is 10.0. The molecule has 4 rings (SSSR count). The number of carbonyl (C=O) groups is 1. The van der Waals surface area contributed by atoms with Gasteiger partial charge in [0.15, 0.2) is 0 Å². The maximum Gasteiger partial charge on any atom is 0.340 e. The van der Waals surface area contributed by atoms with Gasteiger partial charge in [-0.15, -0.1) is 0 Å². The van der Waals surface area contributed by atoms with Gasteiger partial charge in [-0.25, -0.2) is 4.79 Å². The molecule has 0 aliphatic carbocycles. The summed E-state index contributed by atoms with van der Waals surface area (Å²) < 4.78 is 16.6. The Morgan fingerprint density at radius 3 is 2.66 bits per heavy atom. The van der Waals surface area contributed by atoms with Crippen LogP contribution in [0.1, 0.15) is 29.2 Å². The Labute approximate surface area is 203 Å². The van der Waals surface area contributed by atoms with Crippen LogP contribution >= 0.6 is 0 Å². The molecule has 0 spiro atoms. The SMILES string of the molecule is C=C(C)COc1ccc2c(C)c(CC(=O)NCCc3c[nH]c4cc(OC)ccc34)c(=O)oc2c1C. The van der Waals surface area contributed by atoms with E-state index < -0.39 is 5.63 Å². The molecular weight excluding hydrogens is 444 g/mol. The summed E-state index contributed by atoms with van der Waals surface area (Å²) in [6.45, 7) is 10.3. The number of aromatic amines is 1. The molecule has 35 heavy (non-hydrogen) atoms. The van der Waals surface area contributed by atoms with Gasteiger partial charge in [0.1, 0.15) is 23.7 Å². The van der Waals surface area contributed by atoms with E-state index in [-0.39, 0.29) is 12.3 Å². The fourth-order valence-corrected chi connectivity index (χ4v) is 4.19. The molecule has 0 radical (unpaired) electrons. The molecule has 1 amide bonds. The first kappa shape index (κ1) is 24.1. The van der Waals surface area contributed by atoms with Crippen molar-refractivity contribution in [2.75, 3.05) is 20.3 Å². The number of methoxy groups -OCH3 is 1. The molecule has 2 heterocycles. The number of carbonyl (C=O) groups excluding carboxylic acids is 1. The Bertz CT molecular complexity index is 1480. The maximum absolute atomic E-state index is 12.8. The fraction of sp³-hybridized carbons (Fsp3) is 0.286. The van der Waals surface area contributed by atoms with Crippen LogP contribution in [0.5, 0.6) is 11.5 Å². The monoisotopic (exact) mass is 474 g/mol. The van der Waals surface area contributed by atoms with Crippen molar-refractivity contribution in [2.45, 2.75) is 33.6 Å².